The van der Waals surface area contributed by atoms with E-state index in [1.807, 2.05) is 31.2 Å². The second-order valence-corrected chi connectivity index (χ2v) is 3.86. The van der Waals surface area contributed by atoms with Crippen LogP contribution in [-0.4, -0.2) is 9.59 Å². The maximum Gasteiger partial charge on any atom is 0.126 e. The van der Waals surface area contributed by atoms with Crippen molar-refractivity contribution in [3.8, 4) is 5.75 Å². The number of benzene rings is 1. The lowest BCUT2D eigenvalue weighted by atomic mass is 10.2. The summed E-state index contributed by atoms with van der Waals surface area (Å²) >= 11 is 1.36. The summed E-state index contributed by atoms with van der Waals surface area (Å²) < 4.78 is 9.33. The minimum Gasteiger partial charge on any atom is -0.488 e. The first-order valence-corrected chi connectivity index (χ1v) is 5.07. The van der Waals surface area contributed by atoms with E-state index in [2.05, 4.69) is 9.59 Å². The van der Waals surface area contributed by atoms with Gasteiger partial charge in [0.1, 0.15) is 12.4 Å². The molecule has 0 aliphatic heterocycles. The highest BCUT2D eigenvalue weighted by Crippen LogP contribution is 2.14. The SMILES string of the molecule is Cc1cccc(OCc2cnns2)c1. The normalized spacial score (nSPS) is 10.1. The molecule has 1 heterocycles. The Morgan fingerprint density at radius 3 is 3.07 bits per heavy atom. The van der Waals surface area contributed by atoms with Crippen LogP contribution in [0.15, 0.2) is 30.5 Å². The second-order valence-electron chi connectivity index (χ2n) is 2.99. The molecular weight excluding hydrogens is 196 g/mol. The van der Waals surface area contributed by atoms with Gasteiger partial charge in [-0.25, -0.2) is 0 Å². The Kier molecular flexibility index (Phi) is 2.74. The first-order chi connectivity index (χ1) is 6.84. The number of hydrogen-bond acceptors (Lipinski definition) is 4. The van der Waals surface area contributed by atoms with Crippen LogP contribution in [0.25, 0.3) is 0 Å². The van der Waals surface area contributed by atoms with Crippen molar-refractivity contribution in [2.75, 3.05) is 0 Å². The number of aryl methyl sites for hydroxylation is 1. The van der Waals surface area contributed by atoms with Crippen molar-refractivity contribution in [3.63, 3.8) is 0 Å². The molecule has 0 aliphatic carbocycles. The Bertz CT molecular complexity index is 400. The molecule has 0 saturated heterocycles. The van der Waals surface area contributed by atoms with Gasteiger partial charge in [0.15, 0.2) is 0 Å². The highest BCUT2D eigenvalue weighted by molar-refractivity contribution is 7.05. The molecule has 4 heteroatoms. The van der Waals surface area contributed by atoms with Crippen molar-refractivity contribution in [1.29, 1.82) is 0 Å². The molecule has 0 spiro atoms. The van der Waals surface area contributed by atoms with Gasteiger partial charge in [-0.3, -0.25) is 0 Å². The molecule has 1 aromatic heterocycles. The maximum absolute atomic E-state index is 5.56. The van der Waals surface area contributed by atoms with E-state index >= 15 is 0 Å². The van der Waals surface area contributed by atoms with Crippen LogP contribution in [0.1, 0.15) is 10.4 Å². The number of ether oxygens (including phenoxy) is 1. The molecular formula is C10H10N2OS. The second kappa shape index (κ2) is 4.19. The first kappa shape index (κ1) is 9.15. The highest BCUT2D eigenvalue weighted by Gasteiger charge is 1.97. The molecule has 0 N–H and O–H groups in total. The summed E-state index contributed by atoms with van der Waals surface area (Å²) in [6.45, 7) is 2.59. The summed E-state index contributed by atoms with van der Waals surface area (Å²) in [4.78, 5) is 1.03. The van der Waals surface area contributed by atoms with E-state index in [1.165, 1.54) is 17.1 Å². The van der Waals surface area contributed by atoms with Gasteiger partial charge < -0.3 is 4.74 Å². The third kappa shape index (κ3) is 2.29. The van der Waals surface area contributed by atoms with Crippen molar-refractivity contribution in [1.82, 2.24) is 9.59 Å². The largest absolute Gasteiger partial charge is 0.488 e. The number of nitrogens with zero attached hydrogens (tertiary/aromatic N) is 2. The summed E-state index contributed by atoms with van der Waals surface area (Å²) in [6.07, 6.45) is 1.72. The lowest BCUT2D eigenvalue weighted by Gasteiger charge is -2.03. The number of aromatic nitrogens is 2. The lowest BCUT2D eigenvalue weighted by molar-refractivity contribution is 0.309. The molecule has 0 aliphatic rings. The molecule has 0 saturated carbocycles. The molecule has 0 atom stereocenters. The summed E-state index contributed by atoms with van der Waals surface area (Å²) in [7, 11) is 0. The minimum absolute atomic E-state index is 0.543. The zero-order valence-electron chi connectivity index (χ0n) is 7.80. The predicted octanol–water partition coefficient (Wildman–Crippen LogP) is 2.43. The van der Waals surface area contributed by atoms with Gasteiger partial charge in [-0.15, -0.1) is 5.10 Å². The molecule has 14 heavy (non-hydrogen) atoms. The van der Waals surface area contributed by atoms with E-state index in [4.69, 9.17) is 4.74 Å². The third-order valence-electron chi connectivity index (χ3n) is 1.78. The van der Waals surface area contributed by atoms with Crippen LogP contribution in [-0.2, 0) is 6.61 Å². The van der Waals surface area contributed by atoms with Gasteiger partial charge in [-0.1, -0.05) is 16.6 Å². The molecule has 3 nitrogen and oxygen atoms in total. The molecule has 2 rings (SSSR count). The molecule has 1 aromatic carbocycles. The number of rotatable bonds is 3. The zero-order chi connectivity index (χ0) is 9.80. The van der Waals surface area contributed by atoms with E-state index in [0.29, 0.717) is 6.61 Å². The Labute approximate surface area is 86.5 Å². The Balaban J connectivity index is 1.98. The molecule has 0 amide bonds. The summed E-state index contributed by atoms with van der Waals surface area (Å²) in [6, 6.07) is 7.98. The summed E-state index contributed by atoms with van der Waals surface area (Å²) in [5.74, 6) is 0.887. The van der Waals surface area contributed by atoms with Crippen molar-refractivity contribution < 1.29 is 4.74 Å². The van der Waals surface area contributed by atoms with Crippen LogP contribution in [0.3, 0.4) is 0 Å². The van der Waals surface area contributed by atoms with E-state index in [-0.39, 0.29) is 0 Å². The Hall–Kier alpha value is -1.42. The van der Waals surface area contributed by atoms with Crippen molar-refractivity contribution >= 4 is 11.5 Å². The van der Waals surface area contributed by atoms with Gasteiger partial charge in [0.05, 0.1) is 11.1 Å². The van der Waals surface area contributed by atoms with Crippen molar-refractivity contribution in [2.45, 2.75) is 13.5 Å². The molecule has 0 bridgehead atoms. The van der Waals surface area contributed by atoms with Crippen LogP contribution in [0, 0.1) is 6.92 Å². The fraction of sp³-hybridized carbons (Fsp3) is 0.200. The monoisotopic (exact) mass is 206 g/mol. The van der Waals surface area contributed by atoms with E-state index in [9.17, 15) is 0 Å². The average molecular weight is 206 g/mol. The molecule has 0 radical (unpaired) electrons. The van der Waals surface area contributed by atoms with Crippen molar-refractivity contribution in [3.05, 3.63) is 40.9 Å². The van der Waals surface area contributed by atoms with Gasteiger partial charge >= 0.3 is 0 Å². The van der Waals surface area contributed by atoms with Gasteiger partial charge in [0.2, 0.25) is 0 Å². The van der Waals surface area contributed by atoms with Crippen LogP contribution in [0.4, 0.5) is 0 Å². The standard InChI is InChI=1S/C10H10N2OS/c1-8-3-2-4-9(5-8)13-7-10-6-11-12-14-10/h2-6H,7H2,1H3. The number of hydrogen-bond donors (Lipinski definition) is 0. The summed E-state index contributed by atoms with van der Waals surface area (Å²) in [5.41, 5.74) is 1.20. The molecule has 2 aromatic rings. The first-order valence-electron chi connectivity index (χ1n) is 4.30. The van der Waals surface area contributed by atoms with Crippen LogP contribution >= 0.6 is 11.5 Å². The van der Waals surface area contributed by atoms with Crippen LogP contribution in [0.5, 0.6) is 5.75 Å². The van der Waals surface area contributed by atoms with Gasteiger partial charge in [0.25, 0.3) is 0 Å². The summed E-state index contributed by atoms with van der Waals surface area (Å²) in [5, 5.41) is 3.74. The highest BCUT2D eigenvalue weighted by atomic mass is 32.1. The van der Waals surface area contributed by atoms with E-state index < -0.39 is 0 Å². The van der Waals surface area contributed by atoms with Gasteiger partial charge in [-0.05, 0) is 36.2 Å². The van der Waals surface area contributed by atoms with E-state index in [0.717, 1.165) is 10.6 Å². The predicted molar refractivity (Wildman–Crippen MR) is 55.4 cm³/mol. The zero-order valence-corrected chi connectivity index (χ0v) is 8.62. The Morgan fingerprint density at radius 2 is 2.36 bits per heavy atom. The van der Waals surface area contributed by atoms with Gasteiger partial charge in [-0.2, -0.15) is 0 Å². The molecule has 72 valence electrons. The van der Waals surface area contributed by atoms with Crippen LogP contribution < -0.4 is 4.74 Å². The Morgan fingerprint density at radius 1 is 1.43 bits per heavy atom. The smallest absolute Gasteiger partial charge is 0.126 e. The van der Waals surface area contributed by atoms with Crippen molar-refractivity contribution in [2.24, 2.45) is 0 Å². The average Bonchev–Trinajstić information content (AvgIpc) is 2.67. The minimum atomic E-state index is 0.543. The lowest BCUT2D eigenvalue weighted by Crippen LogP contribution is -1.92. The van der Waals surface area contributed by atoms with Gasteiger partial charge in [0, 0.05) is 0 Å². The van der Waals surface area contributed by atoms with Crippen LogP contribution in [0.2, 0.25) is 0 Å². The van der Waals surface area contributed by atoms with E-state index in [1.54, 1.807) is 6.20 Å². The fourth-order valence-electron chi connectivity index (χ4n) is 1.11. The molecule has 0 fully saturated rings. The quantitative estimate of drug-likeness (QED) is 0.773. The third-order valence-corrected chi connectivity index (χ3v) is 2.41. The maximum atomic E-state index is 5.56. The fourth-order valence-corrected chi connectivity index (χ4v) is 1.52. The molecule has 0 unspecified atom stereocenters. The topological polar surface area (TPSA) is 35.0 Å².